The van der Waals surface area contributed by atoms with Gasteiger partial charge in [-0.15, -0.1) is 0 Å². The minimum absolute atomic E-state index is 0.0114. The van der Waals surface area contributed by atoms with Crippen LogP contribution >= 0.6 is 0 Å². The Hall–Kier alpha value is -3.50. The van der Waals surface area contributed by atoms with Crippen molar-refractivity contribution in [3.05, 3.63) is 92.0 Å². The Labute approximate surface area is 155 Å². The lowest BCUT2D eigenvalue weighted by atomic mass is 10.1. The van der Waals surface area contributed by atoms with Crippen molar-refractivity contribution in [1.82, 2.24) is 11.0 Å². The molecule has 0 bridgehead atoms. The lowest BCUT2D eigenvalue weighted by molar-refractivity contribution is -0.377. The molecule has 10 heteroatoms. The normalized spacial score (nSPS) is 15.2. The molecule has 10 nitrogen and oxygen atoms in total. The van der Waals surface area contributed by atoms with E-state index in [1.807, 2.05) is 0 Å². The zero-order valence-electron chi connectivity index (χ0n) is 14.7. The minimum Gasteiger partial charge on any atom is -0.612 e. The van der Waals surface area contributed by atoms with Crippen LogP contribution in [0.4, 0.5) is 0 Å². The second kappa shape index (κ2) is 9.27. The predicted octanol–water partition coefficient (Wildman–Crippen LogP) is 1.68. The van der Waals surface area contributed by atoms with E-state index in [1.165, 1.54) is 24.3 Å². The Morgan fingerprint density at radius 1 is 0.704 bits per heavy atom. The average molecular weight is 374 g/mol. The van der Waals surface area contributed by atoms with Gasteiger partial charge < -0.3 is 20.8 Å². The van der Waals surface area contributed by atoms with Crippen molar-refractivity contribution in [2.24, 2.45) is 0 Å². The van der Waals surface area contributed by atoms with Crippen molar-refractivity contribution < 1.29 is 19.5 Å². The third-order valence-electron chi connectivity index (χ3n) is 3.59. The molecule has 144 valence electrons. The summed E-state index contributed by atoms with van der Waals surface area (Å²) >= 11 is 0. The summed E-state index contributed by atoms with van der Waals surface area (Å²) in [4.78, 5) is 9.38. The Morgan fingerprint density at radius 2 is 1.04 bits per heavy atom. The fraction of sp³-hybridized carbons (Fsp3) is 0.176. The molecule has 0 spiro atoms. The molecule has 0 radical (unpaired) electrons. The highest BCUT2D eigenvalue weighted by atomic mass is 16.8. The van der Waals surface area contributed by atoms with Crippen LogP contribution < -0.4 is 11.0 Å². The van der Waals surface area contributed by atoms with E-state index in [0.29, 0.717) is 11.4 Å². The van der Waals surface area contributed by atoms with Gasteiger partial charge in [0.15, 0.2) is 6.79 Å². The highest BCUT2D eigenvalue weighted by Gasteiger charge is 2.07. The molecule has 0 aromatic carbocycles. The lowest BCUT2D eigenvalue weighted by Crippen LogP contribution is -2.22. The van der Waals surface area contributed by atoms with Gasteiger partial charge in [-0.2, -0.15) is 9.80 Å². The molecule has 0 amide bonds. The quantitative estimate of drug-likeness (QED) is 0.310. The number of rotatable bonds is 6. The first-order chi connectivity index (χ1) is 12.9. The van der Waals surface area contributed by atoms with E-state index in [4.69, 9.17) is 9.68 Å². The van der Waals surface area contributed by atoms with Crippen molar-refractivity contribution in [3.8, 4) is 0 Å². The third-order valence-corrected chi connectivity index (χ3v) is 3.59. The third kappa shape index (κ3) is 5.76. The number of nitrogens with one attached hydrogen (secondary N) is 2. The van der Waals surface area contributed by atoms with E-state index in [2.05, 4.69) is 11.0 Å². The fourth-order valence-electron chi connectivity index (χ4n) is 2.09. The van der Waals surface area contributed by atoms with Gasteiger partial charge in [-0.05, 0) is 49.3 Å². The molecule has 2 N–H and O–H groups in total. The van der Waals surface area contributed by atoms with E-state index in [9.17, 15) is 20.8 Å². The molecule has 2 aliphatic carbocycles. The molecule has 0 saturated carbocycles. The molecular formula is C17H18N4O6-2. The minimum atomic E-state index is -0.466. The van der Waals surface area contributed by atoms with Crippen molar-refractivity contribution in [2.75, 3.05) is 6.79 Å². The average Bonchev–Trinajstić information content (AvgIpc) is 2.67. The standard InChI is InChI=1S/C17H18N4O6/c1-12(14-3-7-16(8-4-14)20(22)23)18-26-11-27-19-13(2)15-5-9-17(10-6-15)21(24)25/h3-10,18-19H,11H2,1-2H3/q-2. The summed E-state index contributed by atoms with van der Waals surface area (Å²) in [6.45, 7) is 3.38. The summed E-state index contributed by atoms with van der Waals surface area (Å²) in [5.74, 6) is 0. The van der Waals surface area contributed by atoms with Gasteiger partial charge in [-0.3, -0.25) is 11.0 Å². The van der Waals surface area contributed by atoms with E-state index >= 15 is 0 Å². The number of nitrogens with zero attached hydrogens (tertiary/aromatic N) is 2. The van der Waals surface area contributed by atoms with Crippen LogP contribution in [0.25, 0.3) is 0 Å². The molecule has 2 rings (SSSR count). The Balaban J connectivity index is 1.77. The summed E-state index contributed by atoms with van der Waals surface area (Å²) in [5.41, 5.74) is 8.17. The van der Waals surface area contributed by atoms with Gasteiger partial charge in [0.2, 0.25) is 11.4 Å². The Kier molecular flexibility index (Phi) is 6.80. The smallest absolute Gasteiger partial charge is 0.222 e. The lowest BCUT2D eigenvalue weighted by Gasteiger charge is -2.14. The second-order valence-corrected chi connectivity index (χ2v) is 5.47. The SMILES string of the molecule is CC(NOCONC(C)=C1C=CC(=[N+]([O-])[O-])C=C1)=C1C=CC(=[N+]([O-])[O-])C=C1. The molecule has 0 saturated heterocycles. The van der Waals surface area contributed by atoms with Crippen LogP contribution in [0.5, 0.6) is 0 Å². The molecule has 0 heterocycles. The largest absolute Gasteiger partial charge is 0.612 e. The molecule has 0 unspecified atom stereocenters. The zero-order chi connectivity index (χ0) is 19.8. The van der Waals surface area contributed by atoms with E-state index in [-0.39, 0.29) is 18.2 Å². The van der Waals surface area contributed by atoms with E-state index < -0.39 is 9.80 Å². The van der Waals surface area contributed by atoms with Crippen LogP contribution in [0.1, 0.15) is 13.8 Å². The Morgan fingerprint density at radius 3 is 1.33 bits per heavy atom. The number of hydrogen-bond acceptors (Lipinski definition) is 8. The fourth-order valence-corrected chi connectivity index (χ4v) is 2.09. The highest BCUT2D eigenvalue weighted by molar-refractivity contribution is 6.03. The first kappa shape index (κ1) is 19.8. The van der Waals surface area contributed by atoms with Crippen LogP contribution in [-0.4, -0.2) is 28.0 Å². The monoisotopic (exact) mass is 374 g/mol. The summed E-state index contributed by atoms with van der Waals surface area (Å²) in [5, 5.41) is 42.5. The molecule has 2 aliphatic rings. The van der Waals surface area contributed by atoms with Crippen molar-refractivity contribution in [2.45, 2.75) is 13.8 Å². The van der Waals surface area contributed by atoms with Crippen molar-refractivity contribution in [3.63, 3.8) is 0 Å². The van der Waals surface area contributed by atoms with Crippen LogP contribution in [-0.2, 0) is 9.68 Å². The second-order valence-electron chi connectivity index (χ2n) is 5.47. The summed E-state index contributed by atoms with van der Waals surface area (Å²) in [7, 11) is 0. The number of hydroxylamine groups is 2. The highest BCUT2D eigenvalue weighted by Crippen LogP contribution is 2.11. The maximum absolute atomic E-state index is 10.6. The first-order valence-electron chi connectivity index (χ1n) is 7.81. The summed E-state index contributed by atoms with van der Waals surface area (Å²) < 4.78 is 0. The zero-order valence-corrected chi connectivity index (χ0v) is 14.7. The number of hydrogen-bond donors (Lipinski definition) is 2. The van der Waals surface area contributed by atoms with Gasteiger partial charge in [0.25, 0.3) is 0 Å². The van der Waals surface area contributed by atoms with Gasteiger partial charge in [0.05, 0.1) is 0 Å². The maximum Gasteiger partial charge on any atom is 0.222 e. The van der Waals surface area contributed by atoms with Crippen molar-refractivity contribution in [1.29, 1.82) is 0 Å². The summed E-state index contributed by atoms with van der Waals surface area (Å²) in [6, 6.07) is 0. The van der Waals surface area contributed by atoms with Crippen LogP contribution in [0.2, 0.25) is 0 Å². The van der Waals surface area contributed by atoms with Crippen LogP contribution in [0.15, 0.2) is 71.1 Å². The van der Waals surface area contributed by atoms with Crippen molar-refractivity contribution >= 4 is 11.4 Å². The molecule has 0 aliphatic heterocycles. The maximum atomic E-state index is 10.6. The molecule has 0 aromatic heterocycles. The first-order valence-corrected chi connectivity index (χ1v) is 7.81. The number of allylic oxidation sites excluding steroid dienone is 12. The molecule has 0 atom stereocenters. The van der Waals surface area contributed by atoms with Gasteiger partial charge in [-0.1, -0.05) is 0 Å². The van der Waals surface area contributed by atoms with Crippen LogP contribution in [0.3, 0.4) is 0 Å². The van der Waals surface area contributed by atoms with Gasteiger partial charge in [0, 0.05) is 35.7 Å². The van der Waals surface area contributed by atoms with Gasteiger partial charge in [0.1, 0.15) is 0 Å². The molecular weight excluding hydrogens is 356 g/mol. The molecule has 27 heavy (non-hydrogen) atoms. The topological polar surface area (TPSA) is 141 Å². The van der Waals surface area contributed by atoms with Gasteiger partial charge >= 0.3 is 0 Å². The van der Waals surface area contributed by atoms with Crippen LogP contribution in [0, 0.1) is 20.8 Å². The van der Waals surface area contributed by atoms with E-state index in [1.54, 1.807) is 38.2 Å². The summed E-state index contributed by atoms with van der Waals surface area (Å²) in [6.07, 6.45) is 12.0. The molecule has 0 fully saturated rings. The van der Waals surface area contributed by atoms with Gasteiger partial charge in [-0.25, -0.2) is 9.68 Å². The molecule has 0 aromatic rings. The van der Waals surface area contributed by atoms with E-state index in [0.717, 1.165) is 11.1 Å². The predicted molar refractivity (Wildman–Crippen MR) is 99.3 cm³/mol. The Bertz CT molecular complexity index is 718.